The van der Waals surface area contributed by atoms with Crippen LogP contribution in [0, 0.1) is 5.82 Å². The van der Waals surface area contributed by atoms with Crippen LogP contribution in [0.5, 0.6) is 0 Å². The van der Waals surface area contributed by atoms with Gasteiger partial charge in [-0.3, -0.25) is 4.90 Å². The standard InChI is InChI=1S/C16H25FN2S/c1-12(18)15(13-4-6-14(17)7-5-13)19-9-8-16(2,3)20-11-10-19/h4-7,12,15H,8-11,18H2,1-3H3. The Morgan fingerprint density at radius 3 is 2.50 bits per heavy atom. The first-order valence-electron chi connectivity index (χ1n) is 7.28. The van der Waals surface area contributed by atoms with Crippen LogP contribution in [0.15, 0.2) is 24.3 Å². The second-order valence-electron chi connectivity index (χ2n) is 6.25. The highest BCUT2D eigenvalue weighted by Crippen LogP contribution is 2.34. The van der Waals surface area contributed by atoms with Crippen LogP contribution >= 0.6 is 11.8 Å². The van der Waals surface area contributed by atoms with E-state index in [1.807, 2.05) is 30.8 Å². The molecule has 0 saturated carbocycles. The minimum absolute atomic E-state index is 0.0340. The molecule has 1 aromatic rings. The van der Waals surface area contributed by atoms with Crippen molar-refractivity contribution in [2.24, 2.45) is 5.73 Å². The van der Waals surface area contributed by atoms with Crippen molar-refractivity contribution in [3.63, 3.8) is 0 Å². The number of hydrogen-bond donors (Lipinski definition) is 1. The van der Waals surface area contributed by atoms with Crippen LogP contribution in [0.4, 0.5) is 4.39 Å². The van der Waals surface area contributed by atoms with Crippen LogP contribution < -0.4 is 5.73 Å². The lowest BCUT2D eigenvalue weighted by molar-refractivity contribution is 0.184. The molecule has 20 heavy (non-hydrogen) atoms. The SMILES string of the molecule is CC(N)C(c1ccc(F)cc1)N1CCSC(C)(C)CC1. The first-order chi connectivity index (χ1) is 9.39. The van der Waals surface area contributed by atoms with Gasteiger partial charge in [0.05, 0.1) is 0 Å². The summed E-state index contributed by atoms with van der Waals surface area (Å²) in [6.45, 7) is 8.73. The van der Waals surface area contributed by atoms with Crippen molar-refractivity contribution in [1.82, 2.24) is 4.90 Å². The molecule has 2 atom stereocenters. The van der Waals surface area contributed by atoms with Gasteiger partial charge >= 0.3 is 0 Å². The smallest absolute Gasteiger partial charge is 0.123 e. The Morgan fingerprint density at radius 2 is 1.90 bits per heavy atom. The van der Waals surface area contributed by atoms with Crippen molar-refractivity contribution in [3.8, 4) is 0 Å². The number of nitrogens with two attached hydrogens (primary N) is 1. The third-order valence-corrected chi connectivity index (χ3v) is 5.35. The molecule has 112 valence electrons. The predicted molar refractivity (Wildman–Crippen MR) is 85.5 cm³/mol. The summed E-state index contributed by atoms with van der Waals surface area (Å²) in [5.41, 5.74) is 7.33. The van der Waals surface area contributed by atoms with E-state index in [1.165, 1.54) is 12.1 Å². The van der Waals surface area contributed by atoms with Crippen LogP contribution in [0.2, 0.25) is 0 Å². The Morgan fingerprint density at radius 1 is 1.25 bits per heavy atom. The number of benzene rings is 1. The molecule has 2 rings (SSSR count). The van der Waals surface area contributed by atoms with E-state index in [-0.39, 0.29) is 17.9 Å². The number of halogens is 1. The van der Waals surface area contributed by atoms with Crippen molar-refractivity contribution in [1.29, 1.82) is 0 Å². The van der Waals surface area contributed by atoms with Gasteiger partial charge in [-0.1, -0.05) is 26.0 Å². The summed E-state index contributed by atoms with van der Waals surface area (Å²) in [5.74, 6) is 0.932. The van der Waals surface area contributed by atoms with Gasteiger partial charge in [0.2, 0.25) is 0 Å². The molecule has 0 aliphatic carbocycles. The number of nitrogens with zero attached hydrogens (tertiary/aromatic N) is 1. The van der Waals surface area contributed by atoms with Crippen LogP contribution in [0.3, 0.4) is 0 Å². The van der Waals surface area contributed by atoms with Gasteiger partial charge in [-0.25, -0.2) is 4.39 Å². The van der Waals surface area contributed by atoms with E-state index >= 15 is 0 Å². The first kappa shape index (κ1) is 15.8. The number of rotatable bonds is 3. The molecule has 2 N–H and O–H groups in total. The lowest BCUT2D eigenvalue weighted by Crippen LogP contribution is -2.41. The zero-order valence-corrected chi connectivity index (χ0v) is 13.4. The average molecular weight is 296 g/mol. The molecule has 1 saturated heterocycles. The Balaban J connectivity index is 2.18. The highest BCUT2D eigenvalue weighted by atomic mass is 32.2. The van der Waals surface area contributed by atoms with E-state index in [4.69, 9.17) is 5.73 Å². The molecular weight excluding hydrogens is 271 g/mol. The maximum absolute atomic E-state index is 13.1. The van der Waals surface area contributed by atoms with Gasteiger partial charge < -0.3 is 5.73 Å². The Labute approximate surface area is 125 Å². The molecule has 1 aliphatic heterocycles. The molecule has 1 aliphatic rings. The van der Waals surface area contributed by atoms with Gasteiger partial charge in [-0.05, 0) is 31.0 Å². The van der Waals surface area contributed by atoms with Gasteiger partial charge in [-0.2, -0.15) is 11.8 Å². The van der Waals surface area contributed by atoms with Gasteiger partial charge in [-0.15, -0.1) is 0 Å². The normalized spacial score (nSPS) is 23.1. The van der Waals surface area contributed by atoms with Crippen LogP contribution in [-0.2, 0) is 0 Å². The number of thioether (sulfide) groups is 1. The summed E-state index contributed by atoms with van der Waals surface area (Å²) >= 11 is 2.03. The summed E-state index contributed by atoms with van der Waals surface area (Å²) in [4.78, 5) is 2.46. The molecule has 2 unspecified atom stereocenters. The fraction of sp³-hybridized carbons (Fsp3) is 0.625. The fourth-order valence-electron chi connectivity index (χ4n) is 2.82. The number of hydrogen-bond acceptors (Lipinski definition) is 3. The lowest BCUT2D eigenvalue weighted by atomic mass is 9.98. The maximum atomic E-state index is 13.1. The second-order valence-corrected chi connectivity index (χ2v) is 8.05. The zero-order valence-electron chi connectivity index (χ0n) is 12.6. The van der Waals surface area contributed by atoms with E-state index in [9.17, 15) is 4.39 Å². The maximum Gasteiger partial charge on any atom is 0.123 e. The molecule has 0 amide bonds. The van der Waals surface area contributed by atoms with Crippen molar-refractivity contribution in [2.45, 2.75) is 44.0 Å². The van der Waals surface area contributed by atoms with Crippen molar-refractivity contribution in [2.75, 3.05) is 18.8 Å². The van der Waals surface area contributed by atoms with Gasteiger partial charge in [0.25, 0.3) is 0 Å². The second kappa shape index (κ2) is 6.46. The summed E-state index contributed by atoms with van der Waals surface area (Å²) in [6.07, 6.45) is 1.15. The minimum atomic E-state index is -0.190. The minimum Gasteiger partial charge on any atom is -0.326 e. The van der Waals surface area contributed by atoms with Crippen LogP contribution in [0.25, 0.3) is 0 Å². The van der Waals surface area contributed by atoms with E-state index in [2.05, 4.69) is 18.7 Å². The summed E-state index contributed by atoms with van der Waals surface area (Å²) in [6, 6.07) is 7.00. The van der Waals surface area contributed by atoms with Crippen LogP contribution in [0.1, 0.15) is 38.8 Å². The molecule has 4 heteroatoms. The largest absolute Gasteiger partial charge is 0.326 e. The third kappa shape index (κ3) is 3.96. The topological polar surface area (TPSA) is 29.3 Å². The van der Waals surface area contributed by atoms with Crippen molar-refractivity contribution < 1.29 is 4.39 Å². The predicted octanol–water partition coefficient (Wildman–Crippen LogP) is 3.43. The van der Waals surface area contributed by atoms with Gasteiger partial charge in [0, 0.05) is 35.7 Å². The lowest BCUT2D eigenvalue weighted by Gasteiger charge is -2.34. The Bertz CT molecular complexity index is 431. The highest BCUT2D eigenvalue weighted by Gasteiger charge is 2.29. The Hall–Kier alpha value is -0.580. The molecule has 1 aromatic carbocycles. The van der Waals surface area contributed by atoms with E-state index in [1.54, 1.807) is 0 Å². The molecule has 0 spiro atoms. The first-order valence-corrected chi connectivity index (χ1v) is 8.27. The molecule has 0 radical (unpaired) electrons. The molecule has 2 nitrogen and oxygen atoms in total. The molecule has 0 bridgehead atoms. The van der Waals surface area contributed by atoms with Gasteiger partial charge in [0.15, 0.2) is 0 Å². The average Bonchev–Trinajstić information content (AvgIpc) is 2.53. The summed E-state index contributed by atoms with van der Waals surface area (Å²) < 4.78 is 13.4. The summed E-state index contributed by atoms with van der Waals surface area (Å²) in [7, 11) is 0. The monoisotopic (exact) mass is 296 g/mol. The Kier molecular flexibility index (Phi) is 5.10. The molecule has 1 fully saturated rings. The van der Waals surface area contributed by atoms with E-state index < -0.39 is 0 Å². The van der Waals surface area contributed by atoms with E-state index in [0.29, 0.717) is 4.75 Å². The quantitative estimate of drug-likeness (QED) is 0.926. The molecule has 1 heterocycles. The zero-order chi connectivity index (χ0) is 14.8. The highest BCUT2D eigenvalue weighted by molar-refractivity contribution is 8.00. The molecule has 0 aromatic heterocycles. The van der Waals surface area contributed by atoms with E-state index in [0.717, 1.165) is 30.8 Å². The van der Waals surface area contributed by atoms with Crippen LogP contribution in [-0.4, -0.2) is 34.5 Å². The summed E-state index contributed by atoms with van der Waals surface area (Å²) in [5, 5.41) is 0. The van der Waals surface area contributed by atoms with Gasteiger partial charge in [0.1, 0.15) is 5.82 Å². The molecular formula is C16H25FN2S. The fourth-order valence-corrected chi connectivity index (χ4v) is 3.94. The third-order valence-electron chi connectivity index (χ3n) is 3.98. The van der Waals surface area contributed by atoms with Crippen molar-refractivity contribution >= 4 is 11.8 Å². The van der Waals surface area contributed by atoms with Crippen molar-refractivity contribution in [3.05, 3.63) is 35.6 Å².